The minimum atomic E-state index is 0.164. The summed E-state index contributed by atoms with van der Waals surface area (Å²) in [5.74, 6) is 0.627. The van der Waals surface area contributed by atoms with E-state index in [1.807, 2.05) is 13.8 Å². The van der Waals surface area contributed by atoms with Crippen LogP contribution in [0.2, 0.25) is 0 Å². The fourth-order valence-electron chi connectivity index (χ4n) is 0.986. The average Bonchev–Trinajstić information content (AvgIpc) is 2.02. The normalized spacial score (nSPS) is 12.6. The lowest BCUT2D eigenvalue weighted by Crippen LogP contribution is -2.09. The topological polar surface area (TPSA) is 34.1 Å². The van der Waals surface area contributed by atoms with Gasteiger partial charge in [-0.2, -0.15) is 0 Å². The number of ketones is 2. The Morgan fingerprint density at radius 2 is 1.83 bits per heavy atom. The first kappa shape index (κ1) is 11.3. The molecule has 70 valence electrons. The quantitative estimate of drug-likeness (QED) is 0.613. The van der Waals surface area contributed by atoms with Crippen LogP contribution in [-0.2, 0) is 9.59 Å². The maximum absolute atomic E-state index is 11.2. The van der Waals surface area contributed by atoms with Gasteiger partial charge >= 0.3 is 0 Å². The van der Waals surface area contributed by atoms with Crippen LogP contribution >= 0.6 is 0 Å². The van der Waals surface area contributed by atoms with E-state index in [-0.39, 0.29) is 11.7 Å². The first-order valence-electron chi connectivity index (χ1n) is 4.60. The van der Waals surface area contributed by atoms with Crippen LogP contribution in [0.25, 0.3) is 0 Å². The molecule has 0 unspecified atom stereocenters. The Balaban J connectivity index is 3.50. The Morgan fingerprint density at radius 3 is 2.25 bits per heavy atom. The SMILES string of the molecule is CC[C@@H](C)C(=O)CCCC(C)=O. The minimum absolute atomic E-state index is 0.164. The predicted octanol–water partition coefficient (Wildman–Crippen LogP) is 2.36. The van der Waals surface area contributed by atoms with Crippen LogP contribution in [0, 0.1) is 5.92 Å². The second-order valence-corrected chi connectivity index (χ2v) is 3.33. The maximum atomic E-state index is 11.2. The Kier molecular flexibility index (Phi) is 5.60. The molecule has 0 aliphatic carbocycles. The lowest BCUT2D eigenvalue weighted by atomic mass is 9.99. The van der Waals surface area contributed by atoms with Gasteiger partial charge in [0, 0.05) is 18.8 Å². The van der Waals surface area contributed by atoms with E-state index in [0.29, 0.717) is 18.6 Å². The maximum Gasteiger partial charge on any atom is 0.135 e. The van der Waals surface area contributed by atoms with Gasteiger partial charge in [-0.15, -0.1) is 0 Å². The highest BCUT2D eigenvalue weighted by atomic mass is 16.1. The molecule has 0 aliphatic rings. The molecule has 12 heavy (non-hydrogen) atoms. The molecule has 0 aromatic heterocycles. The van der Waals surface area contributed by atoms with Gasteiger partial charge < -0.3 is 4.79 Å². The van der Waals surface area contributed by atoms with E-state index in [9.17, 15) is 9.59 Å². The Hall–Kier alpha value is -0.660. The summed E-state index contributed by atoms with van der Waals surface area (Å²) in [6.45, 7) is 5.51. The Morgan fingerprint density at radius 1 is 1.25 bits per heavy atom. The number of hydrogen-bond donors (Lipinski definition) is 0. The summed E-state index contributed by atoms with van der Waals surface area (Å²) in [5.41, 5.74) is 0. The smallest absolute Gasteiger partial charge is 0.135 e. The number of rotatable bonds is 6. The zero-order valence-corrected chi connectivity index (χ0v) is 8.22. The highest BCUT2D eigenvalue weighted by molar-refractivity contribution is 5.81. The van der Waals surface area contributed by atoms with Crippen LogP contribution in [0.15, 0.2) is 0 Å². The molecule has 0 fully saturated rings. The predicted molar refractivity (Wildman–Crippen MR) is 49.0 cm³/mol. The van der Waals surface area contributed by atoms with Gasteiger partial charge in [-0.25, -0.2) is 0 Å². The number of carbonyl (C=O) groups excluding carboxylic acids is 2. The second kappa shape index (κ2) is 5.92. The molecule has 0 aliphatic heterocycles. The molecular weight excluding hydrogens is 152 g/mol. The lowest BCUT2D eigenvalue weighted by Gasteiger charge is -2.05. The molecule has 1 atom stereocenters. The van der Waals surface area contributed by atoms with Gasteiger partial charge in [-0.3, -0.25) is 4.79 Å². The third-order valence-electron chi connectivity index (χ3n) is 2.11. The number of carbonyl (C=O) groups is 2. The molecular formula is C10H18O2. The Labute approximate surface area is 74.3 Å². The summed E-state index contributed by atoms with van der Waals surface area (Å²) in [7, 11) is 0. The van der Waals surface area contributed by atoms with Gasteiger partial charge in [0.1, 0.15) is 11.6 Å². The van der Waals surface area contributed by atoms with Crippen molar-refractivity contribution in [2.45, 2.75) is 46.5 Å². The van der Waals surface area contributed by atoms with E-state index in [1.54, 1.807) is 6.92 Å². The summed E-state index contributed by atoms with van der Waals surface area (Å²) in [4.78, 5) is 21.8. The monoisotopic (exact) mass is 170 g/mol. The van der Waals surface area contributed by atoms with Crippen LogP contribution in [0.3, 0.4) is 0 Å². The van der Waals surface area contributed by atoms with Crippen molar-refractivity contribution in [1.82, 2.24) is 0 Å². The molecule has 0 spiro atoms. The second-order valence-electron chi connectivity index (χ2n) is 3.33. The van der Waals surface area contributed by atoms with Crippen LogP contribution < -0.4 is 0 Å². The molecule has 0 amide bonds. The minimum Gasteiger partial charge on any atom is -0.300 e. The molecule has 0 saturated heterocycles. The van der Waals surface area contributed by atoms with Crippen LogP contribution in [0.1, 0.15) is 46.5 Å². The van der Waals surface area contributed by atoms with E-state index in [0.717, 1.165) is 12.8 Å². The summed E-state index contributed by atoms with van der Waals surface area (Å²) >= 11 is 0. The lowest BCUT2D eigenvalue weighted by molar-refractivity contribution is -0.122. The zero-order valence-electron chi connectivity index (χ0n) is 8.22. The molecule has 0 aromatic rings. The first-order valence-corrected chi connectivity index (χ1v) is 4.60. The van der Waals surface area contributed by atoms with Gasteiger partial charge in [0.05, 0.1) is 0 Å². The third-order valence-corrected chi connectivity index (χ3v) is 2.11. The van der Waals surface area contributed by atoms with Crippen molar-refractivity contribution in [3.05, 3.63) is 0 Å². The van der Waals surface area contributed by atoms with Gasteiger partial charge in [-0.1, -0.05) is 13.8 Å². The van der Waals surface area contributed by atoms with E-state index in [2.05, 4.69) is 0 Å². The van der Waals surface area contributed by atoms with Crippen molar-refractivity contribution in [1.29, 1.82) is 0 Å². The molecule has 0 saturated carbocycles. The van der Waals surface area contributed by atoms with Gasteiger partial charge in [0.2, 0.25) is 0 Å². The van der Waals surface area contributed by atoms with Crippen molar-refractivity contribution in [3.63, 3.8) is 0 Å². The zero-order chi connectivity index (χ0) is 9.56. The van der Waals surface area contributed by atoms with Crippen LogP contribution in [-0.4, -0.2) is 11.6 Å². The van der Waals surface area contributed by atoms with Crippen LogP contribution in [0.5, 0.6) is 0 Å². The summed E-state index contributed by atoms with van der Waals surface area (Å²) < 4.78 is 0. The highest BCUT2D eigenvalue weighted by Gasteiger charge is 2.09. The van der Waals surface area contributed by atoms with Gasteiger partial charge in [0.15, 0.2) is 0 Å². The fraction of sp³-hybridized carbons (Fsp3) is 0.800. The van der Waals surface area contributed by atoms with Gasteiger partial charge in [-0.05, 0) is 19.8 Å². The standard InChI is InChI=1S/C10H18O2/c1-4-8(2)10(12)7-5-6-9(3)11/h8H,4-7H2,1-3H3/t8-/m1/s1. The molecule has 0 radical (unpaired) electrons. The molecule has 0 heterocycles. The van der Waals surface area contributed by atoms with E-state index < -0.39 is 0 Å². The van der Waals surface area contributed by atoms with Crippen molar-refractivity contribution in [3.8, 4) is 0 Å². The summed E-state index contributed by atoms with van der Waals surface area (Å²) in [5, 5.41) is 0. The van der Waals surface area contributed by atoms with E-state index in [4.69, 9.17) is 0 Å². The average molecular weight is 170 g/mol. The fourth-order valence-corrected chi connectivity index (χ4v) is 0.986. The summed E-state index contributed by atoms with van der Waals surface area (Å²) in [6.07, 6.45) is 2.73. The summed E-state index contributed by atoms with van der Waals surface area (Å²) in [6, 6.07) is 0. The number of Topliss-reactive ketones (excluding diaryl/α,β-unsaturated/α-hetero) is 2. The van der Waals surface area contributed by atoms with Crippen LogP contribution in [0.4, 0.5) is 0 Å². The third kappa shape index (κ3) is 5.05. The highest BCUT2D eigenvalue weighted by Crippen LogP contribution is 2.08. The molecule has 2 nitrogen and oxygen atoms in total. The largest absolute Gasteiger partial charge is 0.300 e. The first-order chi connectivity index (χ1) is 5.57. The molecule has 0 N–H and O–H groups in total. The molecule has 2 heteroatoms. The van der Waals surface area contributed by atoms with E-state index >= 15 is 0 Å². The number of hydrogen-bond acceptors (Lipinski definition) is 2. The van der Waals surface area contributed by atoms with Gasteiger partial charge in [0.25, 0.3) is 0 Å². The van der Waals surface area contributed by atoms with Crippen molar-refractivity contribution < 1.29 is 9.59 Å². The molecule has 0 rings (SSSR count). The van der Waals surface area contributed by atoms with Crippen molar-refractivity contribution in [2.75, 3.05) is 0 Å². The molecule has 0 aromatic carbocycles. The molecule has 0 bridgehead atoms. The van der Waals surface area contributed by atoms with E-state index in [1.165, 1.54) is 0 Å². The van der Waals surface area contributed by atoms with Crippen molar-refractivity contribution in [2.24, 2.45) is 5.92 Å². The Bertz CT molecular complexity index is 161. The van der Waals surface area contributed by atoms with Crippen molar-refractivity contribution >= 4 is 11.6 Å².